The number of benzene rings is 1. The molecule has 0 spiro atoms. The maximum atomic E-state index is 13.1. The summed E-state index contributed by atoms with van der Waals surface area (Å²) in [6, 6.07) is 3.42. The van der Waals surface area contributed by atoms with Gasteiger partial charge in [-0.1, -0.05) is 11.8 Å². The predicted molar refractivity (Wildman–Crippen MR) is 63.4 cm³/mol. The molecule has 7 nitrogen and oxygen atoms in total. The number of hydrogen-bond donors (Lipinski definition) is 2. The third-order valence-corrected chi connectivity index (χ3v) is 2.92. The minimum Gasteiger partial charge on any atom is -0.368 e. The van der Waals surface area contributed by atoms with Crippen molar-refractivity contribution in [2.24, 2.45) is 0 Å². The Morgan fingerprint density at radius 1 is 1.50 bits per heavy atom. The molecule has 0 aliphatic heterocycles. The third kappa shape index (κ3) is 2.94. The lowest BCUT2D eigenvalue weighted by Crippen LogP contribution is -1.92. The second-order valence-corrected chi connectivity index (χ2v) is 4.31. The smallest absolute Gasteiger partial charge is 0.272 e. The Balaban J connectivity index is 2.11. The summed E-state index contributed by atoms with van der Waals surface area (Å²) in [5.41, 5.74) is 5.55. The van der Waals surface area contributed by atoms with E-state index in [0.717, 1.165) is 6.07 Å². The van der Waals surface area contributed by atoms with Crippen LogP contribution in [0.4, 0.5) is 16.0 Å². The van der Waals surface area contributed by atoms with Crippen LogP contribution in [0, 0.1) is 15.9 Å². The van der Waals surface area contributed by atoms with Crippen LogP contribution in [0.15, 0.2) is 23.4 Å². The molecule has 0 unspecified atom stereocenters. The summed E-state index contributed by atoms with van der Waals surface area (Å²) in [5, 5.41) is 17.2. The lowest BCUT2D eigenvalue weighted by Gasteiger charge is -1.99. The molecule has 18 heavy (non-hydrogen) atoms. The predicted octanol–water partition coefficient (Wildman–Crippen LogP) is 1.73. The topological polar surface area (TPSA) is 111 Å². The van der Waals surface area contributed by atoms with Crippen LogP contribution in [0.2, 0.25) is 0 Å². The fourth-order valence-electron chi connectivity index (χ4n) is 1.29. The number of nitrogens with zero attached hydrogens (tertiary/aromatic N) is 3. The Morgan fingerprint density at radius 2 is 2.28 bits per heavy atom. The fourth-order valence-corrected chi connectivity index (χ4v) is 2.03. The standard InChI is InChI=1S/C9H8FN5O2S/c10-6-1-5(2-7(3-6)15(16)17)4-18-9-12-8(11)13-14-9/h1-3H,4H2,(H3,11,12,13,14). The first kappa shape index (κ1) is 12.3. The van der Waals surface area contributed by atoms with Crippen LogP contribution in [0.5, 0.6) is 0 Å². The molecule has 0 radical (unpaired) electrons. The number of nitrogens with one attached hydrogen (secondary N) is 1. The van der Waals surface area contributed by atoms with Crippen molar-refractivity contribution in [1.82, 2.24) is 15.2 Å². The van der Waals surface area contributed by atoms with Crippen LogP contribution in [-0.2, 0) is 5.75 Å². The van der Waals surface area contributed by atoms with Crippen molar-refractivity contribution in [3.05, 3.63) is 39.7 Å². The summed E-state index contributed by atoms with van der Waals surface area (Å²) < 4.78 is 13.1. The Morgan fingerprint density at radius 3 is 2.89 bits per heavy atom. The summed E-state index contributed by atoms with van der Waals surface area (Å²) in [5.74, 6) is -0.146. The van der Waals surface area contributed by atoms with Gasteiger partial charge in [0.2, 0.25) is 11.1 Å². The van der Waals surface area contributed by atoms with Crippen molar-refractivity contribution >= 4 is 23.4 Å². The van der Waals surface area contributed by atoms with Gasteiger partial charge in [0.05, 0.1) is 11.0 Å². The number of rotatable bonds is 4. The maximum absolute atomic E-state index is 13.1. The number of H-pyrrole nitrogens is 1. The van der Waals surface area contributed by atoms with Gasteiger partial charge in [0.25, 0.3) is 5.69 Å². The average Bonchev–Trinajstić information content (AvgIpc) is 2.72. The Labute approximate surface area is 105 Å². The van der Waals surface area contributed by atoms with E-state index in [1.54, 1.807) is 0 Å². The molecule has 0 saturated carbocycles. The Kier molecular flexibility index (Phi) is 3.42. The van der Waals surface area contributed by atoms with E-state index < -0.39 is 10.7 Å². The van der Waals surface area contributed by atoms with Crippen molar-refractivity contribution in [2.75, 3.05) is 5.73 Å². The Bertz CT molecular complexity index is 588. The number of aromatic amines is 1. The highest BCUT2D eigenvalue weighted by molar-refractivity contribution is 7.98. The zero-order valence-corrected chi connectivity index (χ0v) is 9.78. The molecule has 0 bridgehead atoms. The normalized spacial score (nSPS) is 10.5. The number of anilines is 1. The average molecular weight is 269 g/mol. The minimum atomic E-state index is -0.644. The van der Waals surface area contributed by atoms with Crippen LogP contribution < -0.4 is 5.73 Å². The zero-order valence-electron chi connectivity index (χ0n) is 8.96. The first-order chi connectivity index (χ1) is 8.54. The number of halogens is 1. The summed E-state index contributed by atoms with van der Waals surface area (Å²) in [6.07, 6.45) is 0. The molecule has 94 valence electrons. The number of aromatic nitrogens is 3. The fraction of sp³-hybridized carbons (Fsp3) is 0.111. The molecule has 2 aromatic rings. The molecule has 1 aromatic heterocycles. The summed E-state index contributed by atoms with van der Waals surface area (Å²) in [7, 11) is 0. The first-order valence-corrected chi connectivity index (χ1v) is 5.77. The van der Waals surface area contributed by atoms with Gasteiger partial charge in [-0.15, -0.1) is 5.10 Å². The van der Waals surface area contributed by atoms with Gasteiger partial charge >= 0.3 is 0 Å². The van der Waals surface area contributed by atoms with Gasteiger partial charge in [0.1, 0.15) is 5.82 Å². The lowest BCUT2D eigenvalue weighted by atomic mass is 10.2. The molecular weight excluding hydrogens is 261 g/mol. The van der Waals surface area contributed by atoms with Gasteiger partial charge in [-0.25, -0.2) is 9.49 Å². The van der Waals surface area contributed by atoms with Gasteiger partial charge in [0.15, 0.2) is 0 Å². The van der Waals surface area contributed by atoms with Crippen LogP contribution in [0.1, 0.15) is 5.56 Å². The molecule has 9 heteroatoms. The van der Waals surface area contributed by atoms with Crippen LogP contribution in [0.25, 0.3) is 0 Å². The van der Waals surface area contributed by atoms with Crippen molar-refractivity contribution in [3.63, 3.8) is 0 Å². The van der Waals surface area contributed by atoms with Crippen molar-refractivity contribution < 1.29 is 9.31 Å². The number of nitrogens with two attached hydrogens (primary N) is 1. The molecule has 0 saturated heterocycles. The quantitative estimate of drug-likeness (QED) is 0.496. The molecule has 0 atom stereocenters. The number of thioether (sulfide) groups is 1. The number of nitro groups is 1. The van der Waals surface area contributed by atoms with Crippen LogP contribution in [0.3, 0.4) is 0 Å². The van der Waals surface area contributed by atoms with Gasteiger partial charge in [0, 0.05) is 11.8 Å². The molecule has 1 heterocycles. The summed E-state index contributed by atoms with van der Waals surface area (Å²) in [6.45, 7) is 0. The van der Waals surface area contributed by atoms with Gasteiger partial charge in [-0.2, -0.15) is 4.98 Å². The second kappa shape index (κ2) is 5.00. The molecule has 0 aliphatic rings. The van der Waals surface area contributed by atoms with E-state index in [4.69, 9.17) is 5.73 Å². The molecule has 2 rings (SSSR count). The highest BCUT2D eigenvalue weighted by Gasteiger charge is 2.10. The van der Waals surface area contributed by atoms with Gasteiger partial charge in [-0.05, 0) is 11.6 Å². The molecule has 0 amide bonds. The summed E-state index contributed by atoms with van der Waals surface area (Å²) in [4.78, 5) is 13.8. The van der Waals surface area contributed by atoms with E-state index in [9.17, 15) is 14.5 Å². The van der Waals surface area contributed by atoms with Crippen molar-refractivity contribution in [2.45, 2.75) is 10.9 Å². The first-order valence-electron chi connectivity index (χ1n) is 4.79. The van der Waals surface area contributed by atoms with E-state index in [-0.39, 0.29) is 11.6 Å². The Hall–Kier alpha value is -2.16. The lowest BCUT2D eigenvalue weighted by molar-refractivity contribution is -0.385. The van der Waals surface area contributed by atoms with Crippen molar-refractivity contribution in [1.29, 1.82) is 0 Å². The van der Waals surface area contributed by atoms with Gasteiger partial charge in [-0.3, -0.25) is 10.1 Å². The number of nitrogen functional groups attached to an aromatic ring is 1. The molecular formula is C9H8FN5O2S. The monoisotopic (exact) mass is 269 g/mol. The molecule has 0 aliphatic carbocycles. The third-order valence-electron chi connectivity index (χ3n) is 2.00. The van der Waals surface area contributed by atoms with E-state index >= 15 is 0 Å². The molecule has 3 N–H and O–H groups in total. The summed E-state index contributed by atoms with van der Waals surface area (Å²) >= 11 is 1.20. The largest absolute Gasteiger partial charge is 0.368 e. The highest BCUT2D eigenvalue weighted by atomic mass is 32.2. The maximum Gasteiger partial charge on any atom is 0.272 e. The number of nitro benzene ring substituents is 1. The van der Waals surface area contributed by atoms with Crippen LogP contribution >= 0.6 is 11.8 Å². The SMILES string of the molecule is Nc1nc(SCc2cc(F)cc([N+](=O)[O-])c2)n[nH]1. The van der Waals surface area contributed by atoms with E-state index in [1.807, 2.05) is 0 Å². The number of non-ortho nitro benzene ring substituents is 1. The molecule has 0 fully saturated rings. The van der Waals surface area contributed by atoms with Crippen LogP contribution in [-0.4, -0.2) is 20.1 Å². The van der Waals surface area contributed by atoms with Gasteiger partial charge < -0.3 is 5.73 Å². The van der Waals surface area contributed by atoms with E-state index in [1.165, 1.54) is 23.9 Å². The zero-order chi connectivity index (χ0) is 13.1. The number of hydrogen-bond acceptors (Lipinski definition) is 6. The highest BCUT2D eigenvalue weighted by Crippen LogP contribution is 2.23. The van der Waals surface area contributed by atoms with Crippen molar-refractivity contribution in [3.8, 4) is 0 Å². The second-order valence-electron chi connectivity index (χ2n) is 3.37. The van der Waals surface area contributed by atoms with E-state index in [0.29, 0.717) is 16.5 Å². The molecule has 1 aromatic carbocycles. The van der Waals surface area contributed by atoms with E-state index in [2.05, 4.69) is 15.2 Å². The minimum absolute atomic E-state index is 0.183.